The SMILES string of the molecule is COc1ccc(C[C@H](NC(=O)[C@H](C)NC(=O)CN2CCOCC2)C(=O)N[C@@H](Cc2ccccc2)C(=O)C2(C)CO2)cc1OC.[HH].[HH].[HH]. The third-order valence-electron chi connectivity index (χ3n) is 7.78. The number of amides is 3. The van der Waals surface area contributed by atoms with E-state index in [0.717, 1.165) is 5.56 Å². The zero-order chi connectivity index (χ0) is 31.7. The number of epoxide rings is 1. The molecule has 4 atom stereocenters. The number of rotatable bonds is 15. The Bertz CT molecular complexity index is 1330. The maximum absolute atomic E-state index is 13.8. The topological polar surface area (TPSA) is 148 Å². The summed E-state index contributed by atoms with van der Waals surface area (Å²) in [7, 11) is 3.03. The number of carbonyl (C=O) groups excluding carboxylic acids is 4. The van der Waals surface area contributed by atoms with E-state index in [1.54, 1.807) is 32.0 Å². The molecule has 4 rings (SSSR count). The van der Waals surface area contributed by atoms with E-state index in [2.05, 4.69) is 16.0 Å². The third-order valence-corrected chi connectivity index (χ3v) is 7.78. The van der Waals surface area contributed by atoms with Gasteiger partial charge in [0.15, 0.2) is 17.3 Å². The van der Waals surface area contributed by atoms with Gasteiger partial charge in [-0.05, 0) is 43.5 Å². The van der Waals surface area contributed by atoms with Crippen molar-refractivity contribution in [2.24, 2.45) is 0 Å². The van der Waals surface area contributed by atoms with Gasteiger partial charge in [0.2, 0.25) is 17.7 Å². The first-order valence-electron chi connectivity index (χ1n) is 14.7. The predicted octanol–water partition coefficient (Wildman–Crippen LogP) is 1.39. The summed E-state index contributed by atoms with van der Waals surface area (Å²) < 4.78 is 21.5. The lowest BCUT2D eigenvalue weighted by Gasteiger charge is -2.27. The lowest BCUT2D eigenvalue weighted by atomic mass is 9.94. The lowest BCUT2D eigenvalue weighted by Crippen LogP contribution is -2.57. The molecule has 3 N–H and O–H groups in total. The van der Waals surface area contributed by atoms with Gasteiger partial charge in [0, 0.05) is 23.8 Å². The number of Topliss-reactive ketones (excluding diaryl/α,β-unsaturated/α-hetero) is 1. The summed E-state index contributed by atoms with van der Waals surface area (Å²) in [5.74, 6) is -0.640. The van der Waals surface area contributed by atoms with Crippen LogP contribution in [0.3, 0.4) is 0 Å². The molecule has 0 radical (unpaired) electrons. The minimum atomic E-state index is -1.07. The first-order valence-corrected chi connectivity index (χ1v) is 14.7. The third kappa shape index (κ3) is 9.01. The summed E-state index contributed by atoms with van der Waals surface area (Å²) in [6.45, 7) is 6.04. The van der Waals surface area contributed by atoms with Crippen molar-refractivity contribution in [3.8, 4) is 11.5 Å². The molecule has 2 aromatic rings. The van der Waals surface area contributed by atoms with Gasteiger partial charge in [0.05, 0.1) is 46.6 Å². The van der Waals surface area contributed by atoms with Crippen LogP contribution in [0.2, 0.25) is 0 Å². The van der Waals surface area contributed by atoms with Crippen LogP contribution in [-0.4, -0.2) is 106 Å². The molecule has 12 nitrogen and oxygen atoms in total. The normalized spacial score (nSPS) is 20.0. The lowest BCUT2D eigenvalue weighted by molar-refractivity contribution is -0.134. The van der Waals surface area contributed by atoms with Gasteiger partial charge < -0.3 is 34.9 Å². The Kier molecular flexibility index (Phi) is 11.3. The highest BCUT2D eigenvalue weighted by Crippen LogP contribution is 2.30. The summed E-state index contributed by atoms with van der Waals surface area (Å²) in [5.41, 5.74) is 0.594. The molecule has 2 aliphatic rings. The molecule has 2 fully saturated rings. The second-order valence-corrected chi connectivity index (χ2v) is 11.3. The van der Waals surface area contributed by atoms with E-state index >= 15 is 0 Å². The van der Waals surface area contributed by atoms with Crippen LogP contribution in [0, 0.1) is 0 Å². The molecule has 0 spiro atoms. The largest absolute Gasteiger partial charge is 0.493 e. The number of carbonyl (C=O) groups is 4. The molecule has 2 aliphatic heterocycles. The standard InChI is InChI=1S/C32H42N4O8.3H2/c1-21(33-28(37)19-36-12-14-43-15-13-36)30(39)35-25(17-23-10-11-26(41-3)27(18-23)42-4)31(40)34-24(29(38)32(2)20-44-32)16-22-8-6-5-7-9-22;;;/h5-11,18,21,24-25H,12-17,19-20H2,1-4H3,(H,33,37)(H,34,40)(H,35,39);3*1H/t21-,24-,25-,32?;;;/m0.../s1. The summed E-state index contributed by atoms with van der Waals surface area (Å²) >= 11 is 0. The van der Waals surface area contributed by atoms with Crippen molar-refractivity contribution >= 4 is 23.5 Å². The van der Waals surface area contributed by atoms with Gasteiger partial charge in [-0.3, -0.25) is 24.1 Å². The van der Waals surface area contributed by atoms with Crippen LogP contribution in [0.15, 0.2) is 48.5 Å². The molecule has 0 bridgehead atoms. The van der Waals surface area contributed by atoms with Crippen molar-refractivity contribution in [3.63, 3.8) is 0 Å². The van der Waals surface area contributed by atoms with Crippen LogP contribution in [0.5, 0.6) is 11.5 Å². The van der Waals surface area contributed by atoms with Gasteiger partial charge in [-0.1, -0.05) is 36.4 Å². The highest BCUT2D eigenvalue weighted by molar-refractivity contribution is 5.98. The highest BCUT2D eigenvalue weighted by atomic mass is 16.6. The van der Waals surface area contributed by atoms with E-state index in [-0.39, 0.29) is 42.0 Å². The molecule has 244 valence electrons. The van der Waals surface area contributed by atoms with Gasteiger partial charge in [-0.25, -0.2) is 0 Å². The molecule has 0 aromatic heterocycles. The Hall–Kier alpha value is -4.00. The number of morpholine rings is 1. The molecular formula is C32H48N4O8. The summed E-state index contributed by atoms with van der Waals surface area (Å²) in [6.07, 6.45) is 0.349. The zero-order valence-corrected chi connectivity index (χ0v) is 25.7. The van der Waals surface area contributed by atoms with Gasteiger partial charge in [-0.2, -0.15) is 0 Å². The van der Waals surface area contributed by atoms with Crippen LogP contribution in [0.25, 0.3) is 0 Å². The fraction of sp³-hybridized carbons (Fsp3) is 0.500. The maximum Gasteiger partial charge on any atom is 0.243 e. The maximum atomic E-state index is 13.8. The number of ether oxygens (including phenoxy) is 4. The van der Waals surface area contributed by atoms with Gasteiger partial charge in [0.1, 0.15) is 17.7 Å². The minimum absolute atomic E-state index is 0. The van der Waals surface area contributed by atoms with Gasteiger partial charge in [0.25, 0.3) is 0 Å². The average Bonchev–Trinajstić information content (AvgIpc) is 3.78. The van der Waals surface area contributed by atoms with Crippen molar-refractivity contribution in [1.29, 1.82) is 0 Å². The van der Waals surface area contributed by atoms with Crippen LogP contribution < -0.4 is 25.4 Å². The summed E-state index contributed by atoms with van der Waals surface area (Å²) in [4.78, 5) is 55.1. The number of hydrogen-bond donors (Lipinski definition) is 3. The minimum Gasteiger partial charge on any atom is -0.493 e. The summed E-state index contributed by atoms with van der Waals surface area (Å²) in [5, 5.41) is 8.38. The van der Waals surface area contributed by atoms with E-state index in [9.17, 15) is 19.2 Å². The van der Waals surface area contributed by atoms with E-state index in [4.69, 9.17) is 18.9 Å². The van der Waals surface area contributed by atoms with E-state index in [1.807, 2.05) is 35.2 Å². The Morgan fingerprint density at radius 1 is 0.886 bits per heavy atom. The number of methoxy groups -OCH3 is 2. The first kappa shape index (κ1) is 32.9. The zero-order valence-electron chi connectivity index (χ0n) is 25.7. The second kappa shape index (κ2) is 15.1. The van der Waals surface area contributed by atoms with Gasteiger partial charge >= 0.3 is 0 Å². The molecule has 1 unspecified atom stereocenters. The Balaban J connectivity index is 0.00000368. The summed E-state index contributed by atoms with van der Waals surface area (Å²) in [6, 6.07) is 11.7. The van der Waals surface area contributed by atoms with Crippen molar-refractivity contribution in [3.05, 3.63) is 59.7 Å². The number of benzene rings is 2. The van der Waals surface area contributed by atoms with Crippen LogP contribution >= 0.6 is 0 Å². The monoisotopic (exact) mass is 616 g/mol. The molecule has 2 saturated heterocycles. The predicted molar refractivity (Wildman–Crippen MR) is 168 cm³/mol. The average molecular weight is 617 g/mol. The van der Waals surface area contributed by atoms with Crippen molar-refractivity contribution in [2.45, 2.75) is 50.4 Å². The van der Waals surface area contributed by atoms with E-state index < -0.39 is 35.5 Å². The molecule has 44 heavy (non-hydrogen) atoms. The van der Waals surface area contributed by atoms with E-state index in [0.29, 0.717) is 43.4 Å². The molecule has 3 amide bonds. The number of ketones is 1. The number of nitrogens with zero attached hydrogens (tertiary/aromatic N) is 1. The molecule has 2 heterocycles. The Morgan fingerprint density at radius 3 is 2.16 bits per heavy atom. The van der Waals surface area contributed by atoms with E-state index in [1.165, 1.54) is 14.2 Å². The highest BCUT2D eigenvalue weighted by Gasteiger charge is 2.50. The van der Waals surface area contributed by atoms with Crippen molar-refractivity contribution in [2.75, 3.05) is 53.7 Å². The molecular weight excluding hydrogens is 568 g/mol. The molecule has 2 aromatic carbocycles. The Morgan fingerprint density at radius 2 is 1.52 bits per heavy atom. The fourth-order valence-corrected chi connectivity index (χ4v) is 5.01. The fourth-order valence-electron chi connectivity index (χ4n) is 5.01. The second-order valence-electron chi connectivity index (χ2n) is 11.3. The quantitative estimate of drug-likeness (QED) is 0.253. The van der Waals surface area contributed by atoms with Crippen LogP contribution in [0.1, 0.15) is 29.3 Å². The van der Waals surface area contributed by atoms with Gasteiger partial charge in [-0.15, -0.1) is 0 Å². The number of hydrogen-bond acceptors (Lipinski definition) is 9. The van der Waals surface area contributed by atoms with Crippen LogP contribution in [-0.2, 0) is 41.5 Å². The van der Waals surface area contributed by atoms with Crippen molar-refractivity contribution < 1.29 is 42.4 Å². The molecule has 0 aliphatic carbocycles. The molecule has 12 heteroatoms. The molecule has 0 saturated carbocycles. The van der Waals surface area contributed by atoms with Crippen molar-refractivity contribution in [1.82, 2.24) is 20.9 Å². The first-order chi connectivity index (χ1) is 21.1. The van der Waals surface area contributed by atoms with Crippen LogP contribution in [0.4, 0.5) is 0 Å². The Labute approximate surface area is 262 Å². The number of nitrogens with one attached hydrogen (secondary N) is 3. The smallest absolute Gasteiger partial charge is 0.243 e.